The van der Waals surface area contributed by atoms with E-state index in [1.165, 1.54) is 6.42 Å². The van der Waals surface area contributed by atoms with Gasteiger partial charge in [-0.15, -0.1) is 10.2 Å². The van der Waals surface area contributed by atoms with Crippen molar-refractivity contribution in [2.24, 2.45) is 0 Å². The van der Waals surface area contributed by atoms with Gasteiger partial charge in [-0.3, -0.25) is 14.4 Å². The Labute approximate surface area is 186 Å². The topological polar surface area (TPSA) is 109 Å². The van der Waals surface area contributed by atoms with Crippen LogP contribution in [0.1, 0.15) is 50.8 Å². The van der Waals surface area contributed by atoms with Crippen molar-refractivity contribution in [2.75, 3.05) is 11.9 Å². The average Bonchev–Trinajstić information content (AvgIpc) is 3.25. The quantitative estimate of drug-likeness (QED) is 0.714. The summed E-state index contributed by atoms with van der Waals surface area (Å²) >= 11 is 0. The lowest BCUT2D eigenvalue weighted by Gasteiger charge is -2.32. The first-order chi connectivity index (χ1) is 15.6. The van der Waals surface area contributed by atoms with Crippen LogP contribution < -0.4 is 10.6 Å². The third kappa shape index (κ3) is 3.99. The van der Waals surface area contributed by atoms with Gasteiger partial charge in [0.05, 0.1) is 12.1 Å². The molecule has 0 bridgehead atoms. The Morgan fingerprint density at radius 1 is 1.00 bits per heavy atom. The Bertz CT molecular complexity index is 1050. The minimum Gasteiger partial charge on any atom is -0.342 e. The lowest BCUT2D eigenvalue weighted by atomic mass is 9.99. The Morgan fingerprint density at radius 3 is 2.78 bits per heavy atom. The van der Waals surface area contributed by atoms with Crippen molar-refractivity contribution in [1.82, 2.24) is 25.0 Å². The first kappa shape index (κ1) is 20.7. The first-order valence-electron chi connectivity index (χ1n) is 11.5. The molecule has 0 saturated carbocycles. The smallest absolute Gasteiger partial charge is 0.313 e. The van der Waals surface area contributed by atoms with E-state index in [-0.39, 0.29) is 24.4 Å². The maximum absolute atomic E-state index is 12.6. The number of rotatable bonds is 3. The van der Waals surface area contributed by atoms with Gasteiger partial charge in [0.2, 0.25) is 5.91 Å². The van der Waals surface area contributed by atoms with Gasteiger partial charge < -0.3 is 20.1 Å². The lowest BCUT2D eigenvalue weighted by molar-refractivity contribution is -0.136. The second-order valence-corrected chi connectivity index (χ2v) is 8.87. The van der Waals surface area contributed by atoms with Crippen LogP contribution in [0.25, 0.3) is 11.4 Å². The van der Waals surface area contributed by atoms with Gasteiger partial charge in [-0.05, 0) is 44.2 Å². The van der Waals surface area contributed by atoms with E-state index >= 15 is 0 Å². The van der Waals surface area contributed by atoms with Gasteiger partial charge in [-0.1, -0.05) is 18.6 Å². The Morgan fingerprint density at radius 2 is 1.88 bits per heavy atom. The molecule has 1 aromatic heterocycles. The van der Waals surface area contributed by atoms with Gasteiger partial charge in [0.15, 0.2) is 5.82 Å². The summed E-state index contributed by atoms with van der Waals surface area (Å²) in [6, 6.07) is 7.01. The molecule has 9 nitrogen and oxygen atoms in total. The molecule has 168 valence electrons. The molecule has 2 unspecified atom stereocenters. The fourth-order valence-corrected chi connectivity index (χ4v) is 5.13. The molecule has 32 heavy (non-hydrogen) atoms. The number of piperidine rings is 1. The van der Waals surface area contributed by atoms with Crippen LogP contribution in [0.3, 0.4) is 0 Å². The van der Waals surface area contributed by atoms with Crippen LogP contribution >= 0.6 is 0 Å². The van der Waals surface area contributed by atoms with Crippen molar-refractivity contribution in [1.29, 1.82) is 0 Å². The van der Waals surface area contributed by atoms with Crippen LogP contribution in [0.15, 0.2) is 24.3 Å². The van der Waals surface area contributed by atoms with Gasteiger partial charge in [0, 0.05) is 37.2 Å². The van der Waals surface area contributed by atoms with Crippen molar-refractivity contribution >= 4 is 23.4 Å². The molecule has 2 saturated heterocycles. The fraction of sp³-hybridized carbons (Fsp3) is 0.522. The summed E-state index contributed by atoms with van der Waals surface area (Å²) in [5.74, 6) is 0.389. The van der Waals surface area contributed by atoms with E-state index < -0.39 is 11.8 Å². The highest BCUT2D eigenvalue weighted by Crippen LogP contribution is 2.28. The second kappa shape index (κ2) is 8.72. The minimum absolute atomic E-state index is 0.000439. The number of carbonyl (C=O) groups excluding carboxylic acids is 3. The molecule has 3 amide bonds. The zero-order valence-electron chi connectivity index (χ0n) is 18.0. The van der Waals surface area contributed by atoms with E-state index in [1.54, 1.807) is 6.07 Å². The molecule has 5 rings (SSSR count). The number of benzene rings is 1. The number of aromatic nitrogens is 3. The molecular formula is C23H28N6O3. The number of aryl methyl sites for hydroxylation is 1. The third-order valence-corrected chi connectivity index (χ3v) is 6.74. The van der Waals surface area contributed by atoms with Crippen LogP contribution in [-0.4, -0.2) is 56.0 Å². The molecule has 2 N–H and O–H groups in total. The molecule has 3 aliphatic heterocycles. The van der Waals surface area contributed by atoms with Gasteiger partial charge >= 0.3 is 11.8 Å². The predicted octanol–water partition coefficient (Wildman–Crippen LogP) is 1.88. The number of nitrogens with zero attached hydrogens (tertiary/aromatic N) is 4. The Kier molecular flexibility index (Phi) is 5.63. The van der Waals surface area contributed by atoms with Crippen LogP contribution in [0.4, 0.5) is 5.69 Å². The van der Waals surface area contributed by atoms with E-state index in [0.717, 1.165) is 68.8 Å². The minimum atomic E-state index is -0.732. The summed E-state index contributed by atoms with van der Waals surface area (Å²) in [6.07, 6.45) is 7.47. The number of fused-ring (bicyclic) bond motifs is 2. The van der Waals surface area contributed by atoms with E-state index in [4.69, 9.17) is 0 Å². The lowest BCUT2D eigenvalue weighted by Crippen LogP contribution is -2.49. The number of anilines is 1. The maximum atomic E-state index is 12.6. The summed E-state index contributed by atoms with van der Waals surface area (Å²) in [4.78, 5) is 39.2. The zero-order valence-corrected chi connectivity index (χ0v) is 18.0. The summed E-state index contributed by atoms with van der Waals surface area (Å²) in [5, 5.41) is 14.2. The maximum Gasteiger partial charge on any atom is 0.313 e. The molecule has 3 aliphatic rings. The second-order valence-electron chi connectivity index (χ2n) is 8.87. The van der Waals surface area contributed by atoms with Gasteiger partial charge in [0.25, 0.3) is 0 Å². The third-order valence-electron chi connectivity index (χ3n) is 6.74. The van der Waals surface area contributed by atoms with Crippen LogP contribution in [0.2, 0.25) is 0 Å². The average molecular weight is 437 g/mol. The van der Waals surface area contributed by atoms with E-state index in [9.17, 15) is 14.4 Å². The summed E-state index contributed by atoms with van der Waals surface area (Å²) in [5.41, 5.74) is 1.37. The standard InChI is InChI=1S/C23H28N6O3/c30-20-14-17(18-9-3-5-11-28(18)20)25-23(32)22(31)24-16-8-6-7-15(13-16)21-27-26-19-10-2-1-4-12-29(19)21/h6-8,13,17-18H,1-5,9-12,14H2,(H,24,31)(H,25,32). The molecule has 2 aromatic rings. The Balaban J connectivity index is 1.26. The molecule has 4 heterocycles. The number of hydrogen-bond acceptors (Lipinski definition) is 5. The molecule has 1 aromatic carbocycles. The zero-order chi connectivity index (χ0) is 22.1. The number of amides is 3. The predicted molar refractivity (Wildman–Crippen MR) is 118 cm³/mol. The molecule has 2 fully saturated rings. The summed E-state index contributed by atoms with van der Waals surface area (Å²) in [7, 11) is 0. The highest BCUT2D eigenvalue weighted by atomic mass is 16.2. The van der Waals surface area contributed by atoms with Gasteiger partial charge in [-0.25, -0.2) is 0 Å². The van der Waals surface area contributed by atoms with Crippen molar-refractivity contribution in [3.63, 3.8) is 0 Å². The molecular weight excluding hydrogens is 408 g/mol. The fourth-order valence-electron chi connectivity index (χ4n) is 5.13. The first-order valence-corrected chi connectivity index (χ1v) is 11.5. The van der Waals surface area contributed by atoms with Crippen molar-refractivity contribution in [2.45, 2.75) is 70.0 Å². The SMILES string of the molecule is O=C(Nc1cccc(-c2nnc3n2CCCCC3)c1)C(=O)NC1CC(=O)N2CCCCC12. The molecule has 2 atom stereocenters. The summed E-state index contributed by atoms with van der Waals surface area (Å²) < 4.78 is 2.15. The molecule has 9 heteroatoms. The van der Waals surface area contributed by atoms with E-state index in [2.05, 4.69) is 25.4 Å². The monoisotopic (exact) mass is 436 g/mol. The largest absolute Gasteiger partial charge is 0.342 e. The summed E-state index contributed by atoms with van der Waals surface area (Å²) in [6.45, 7) is 1.62. The van der Waals surface area contributed by atoms with Crippen LogP contribution in [0, 0.1) is 0 Å². The van der Waals surface area contributed by atoms with Crippen molar-refractivity contribution in [3.05, 3.63) is 30.1 Å². The van der Waals surface area contributed by atoms with Crippen molar-refractivity contribution < 1.29 is 14.4 Å². The van der Waals surface area contributed by atoms with Gasteiger partial charge in [0.1, 0.15) is 5.82 Å². The Hall–Kier alpha value is -3.23. The van der Waals surface area contributed by atoms with Crippen molar-refractivity contribution in [3.8, 4) is 11.4 Å². The van der Waals surface area contributed by atoms with Crippen LogP contribution in [0.5, 0.6) is 0 Å². The van der Waals surface area contributed by atoms with E-state index in [1.807, 2.05) is 23.1 Å². The number of hydrogen-bond donors (Lipinski definition) is 2. The van der Waals surface area contributed by atoms with Gasteiger partial charge in [-0.2, -0.15) is 0 Å². The highest BCUT2D eigenvalue weighted by molar-refractivity contribution is 6.39. The number of carbonyl (C=O) groups is 3. The molecule has 0 spiro atoms. The normalized spacial score (nSPS) is 22.6. The molecule has 0 aliphatic carbocycles. The van der Waals surface area contributed by atoms with Crippen LogP contribution in [-0.2, 0) is 27.3 Å². The van der Waals surface area contributed by atoms with E-state index in [0.29, 0.717) is 5.69 Å². The molecule has 0 radical (unpaired) electrons. The number of nitrogens with one attached hydrogen (secondary N) is 2. The highest BCUT2D eigenvalue weighted by Gasteiger charge is 2.42.